The fourth-order valence-corrected chi connectivity index (χ4v) is 3.44. The van der Waals surface area contributed by atoms with Crippen LogP contribution < -0.4 is 10.6 Å². The van der Waals surface area contributed by atoms with Gasteiger partial charge in [0, 0.05) is 42.3 Å². The molecule has 7 nitrogen and oxygen atoms in total. The van der Waals surface area contributed by atoms with Crippen LogP contribution >= 0.6 is 11.6 Å². The normalized spacial score (nSPS) is 11.8. The van der Waals surface area contributed by atoms with Gasteiger partial charge in [-0.05, 0) is 42.8 Å². The summed E-state index contributed by atoms with van der Waals surface area (Å²) in [5.41, 5.74) is 3.19. The first-order valence-corrected chi connectivity index (χ1v) is 10.5. The highest BCUT2D eigenvalue weighted by Gasteiger charge is 2.33. The predicted molar refractivity (Wildman–Crippen MR) is 120 cm³/mol. The summed E-state index contributed by atoms with van der Waals surface area (Å²) in [4.78, 5) is 12.3. The second kappa shape index (κ2) is 9.54. The SMILES string of the molecule is Cc1cnc(NCC(F)(F)c2ccccn2)nc1CCNCc1[nH]nc2ccc(Cl)cc12. The predicted octanol–water partition coefficient (Wildman–Crippen LogP) is 4.25. The number of aromatic amines is 1. The van der Waals surface area contributed by atoms with Gasteiger partial charge in [-0.3, -0.25) is 10.1 Å². The van der Waals surface area contributed by atoms with Crippen molar-refractivity contribution < 1.29 is 8.78 Å². The number of halogens is 3. The molecule has 166 valence electrons. The minimum atomic E-state index is -3.13. The minimum Gasteiger partial charge on any atom is -0.348 e. The van der Waals surface area contributed by atoms with Crippen molar-refractivity contribution in [2.24, 2.45) is 0 Å². The van der Waals surface area contributed by atoms with Gasteiger partial charge in [-0.1, -0.05) is 17.7 Å². The third-order valence-electron chi connectivity index (χ3n) is 5.02. The number of aryl methyl sites for hydroxylation is 1. The molecule has 32 heavy (non-hydrogen) atoms. The number of aromatic nitrogens is 5. The third-order valence-corrected chi connectivity index (χ3v) is 5.26. The fourth-order valence-electron chi connectivity index (χ4n) is 3.27. The zero-order chi connectivity index (χ0) is 22.6. The van der Waals surface area contributed by atoms with Crippen LogP contribution in [-0.2, 0) is 18.9 Å². The minimum absolute atomic E-state index is 0.162. The molecule has 0 bridgehead atoms. The van der Waals surface area contributed by atoms with E-state index in [1.54, 1.807) is 18.3 Å². The number of H-pyrrole nitrogens is 1. The maximum absolute atomic E-state index is 14.3. The molecule has 1 aromatic carbocycles. The highest BCUT2D eigenvalue weighted by atomic mass is 35.5. The first-order valence-electron chi connectivity index (χ1n) is 10.1. The standard InChI is InChI=1S/C22H22ClF2N7/c1-14-11-28-21(29-13-22(24,25)20-4-2-3-8-27-20)30-17(14)7-9-26-12-19-16-10-15(23)5-6-18(16)31-32-19/h2-6,8,10-11,26H,7,9,12-13H2,1H3,(H,31,32)(H,28,29,30). The van der Waals surface area contributed by atoms with Crippen LogP contribution in [0.3, 0.4) is 0 Å². The number of alkyl halides is 2. The van der Waals surface area contributed by atoms with Crippen LogP contribution in [0.5, 0.6) is 0 Å². The number of nitrogens with one attached hydrogen (secondary N) is 3. The zero-order valence-electron chi connectivity index (χ0n) is 17.4. The highest BCUT2D eigenvalue weighted by molar-refractivity contribution is 6.31. The van der Waals surface area contributed by atoms with Crippen molar-refractivity contribution in [3.05, 3.63) is 76.5 Å². The topological polar surface area (TPSA) is 91.4 Å². The fraction of sp³-hybridized carbons (Fsp3) is 0.273. The molecule has 0 saturated carbocycles. The van der Waals surface area contributed by atoms with Gasteiger partial charge in [0.2, 0.25) is 5.95 Å². The van der Waals surface area contributed by atoms with Gasteiger partial charge in [0.15, 0.2) is 0 Å². The average molecular weight is 458 g/mol. The number of hydrogen-bond donors (Lipinski definition) is 3. The van der Waals surface area contributed by atoms with Crippen molar-refractivity contribution >= 4 is 28.5 Å². The molecule has 0 aliphatic rings. The molecule has 4 aromatic rings. The molecule has 0 saturated heterocycles. The molecule has 0 radical (unpaired) electrons. The van der Waals surface area contributed by atoms with Gasteiger partial charge in [0.05, 0.1) is 23.4 Å². The number of rotatable bonds is 9. The van der Waals surface area contributed by atoms with E-state index in [0.717, 1.165) is 27.9 Å². The van der Waals surface area contributed by atoms with E-state index in [4.69, 9.17) is 11.6 Å². The van der Waals surface area contributed by atoms with E-state index < -0.39 is 12.5 Å². The Kier molecular flexibility index (Phi) is 6.57. The maximum atomic E-state index is 14.3. The third kappa shape index (κ3) is 5.17. The van der Waals surface area contributed by atoms with Gasteiger partial charge in [-0.15, -0.1) is 0 Å². The maximum Gasteiger partial charge on any atom is 0.306 e. The number of pyridine rings is 1. The van der Waals surface area contributed by atoms with E-state index in [1.165, 1.54) is 18.3 Å². The van der Waals surface area contributed by atoms with Crippen LogP contribution in [0.1, 0.15) is 22.6 Å². The Morgan fingerprint density at radius 2 is 2.03 bits per heavy atom. The van der Waals surface area contributed by atoms with E-state index >= 15 is 0 Å². The Balaban J connectivity index is 1.33. The van der Waals surface area contributed by atoms with Crippen molar-refractivity contribution in [3.8, 4) is 0 Å². The van der Waals surface area contributed by atoms with Gasteiger partial charge in [-0.2, -0.15) is 13.9 Å². The Labute approximate surface area is 188 Å². The smallest absolute Gasteiger partial charge is 0.306 e. The van der Waals surface area contributed by atoms with Crippen molar-refractivity contribution in [2.45, 2.75) is 25.8 Å². The summed E-state index contributed by atoms with van der Waals surface area (Å²) in [6.45, 7) is 2.48. The Morgan fingerprint density at radius 3 is 2.84 bits per heavy atom. The number of fused-ring (bicyclic) bond motifs is 1. The summed E-state index contributed by atoms with van der Waals surface area (Å²) in [7, 11) is 0. The summed E-state index contributed by atoms with van der Waals surface area (Å²) in [6.07, 6.45) is 3.60. The van der Waals surface area contributed by atoms with E-state index in [2.05, 4.69) is 35.8 Å². The molecule has 0 spiro atoms. The Hall–Kier alpha value is -3.17. The largest absolute Gasteiger partial charge is 0.348 e. The number of benzene rings is 1. The van der Waals surface area contributed by atoms with Crippen molar-refractivity contribution in [1.82, 2.24) is 30.5 Å². The second-order valence-corrected chi connectivity index (χ2v) is 7.82. The molecule has 3 N–H and O–H groups in total. The molecular formula is C22H22ClF2N7. The summed E-state index contributed by atoms with van der Waals surface area (Å²) in [5.74, 6) is -2.97. The molecule has 0 aliphatic carbocycles. The van der Waals surface area contributed by atoms with Gasteiger partial charge in [0.1, 0.15) is 5.69 Å². The van der Waals surface area contributed by atoms with Crippen LogP contribution in [-0.4, -0.2) is 38.2 Å². The first-order chi connectivity index (χ1) is 15.4. The molecule has 0 unspecified atom stereocenters. The van der Waals surface area contributed by atoms with Gasteiger partial charge >= 0.3 is 5.92 Å². The van der Waals surface area contributed by atoms with E-state index in [9.17, 15) is 8.78 Å². The molecular weight excluding hydrogens is 436 g/mol. The molecule has 0 atom stereocenters. The molecule has 3 heterocycles. The lowest BCUT2D eigenvalue weighted by molar-refractivity contribution is 0.00582. The summed E-state index contributed by atoms with van der Waals surface area (Å²) >= 11 is 6.08. The van der Waals surface area contributed by atoms with E-state index in [1.807, 2.05) is 19.1 Å². The van der Waals surface area contributed by atoms with Gasteiger partial charge in [-0.25, -0.2) is 9.97 Å². The number of anilines is 1. The lowest BCUT2D eigenvalue weighted by Gasteiger charge is -2.16. The van der Waals surface area contributed by atoms with Crippen molar-refractivity contribution in [2.75, 3.05) is 18.4 Å². The Bertz CT molecular complexity index is 1200. The quantitative estimate of drug-likeness (QED) is 0.325. The number of hydrogen-bond acceptors (Lipinski definition) is 6. The van der Waals surface area contributed by atoms with Gasteiger partial charge in [0.25, 0.3) is 0 Å². The summed E-state index contributed by atoms with van der Waals surface area (Å²) < 4.78 is 28.7. The van der Waals surface area contributed by atoms with E-state index in [-0.39, 0.29) is 11.6 Å². The zero-order valence-corrected chi connectivity index (χ0v) is 18.1. The molecule has 0 aliphatic heterocycles. The molecule has 4 rings (SSSR count). The molecule has 3 aromatic heterocycles. The van der Waals surface area contributed by atoms with Crippen LogP contribution in [0.25, 0.3) is 10.9 Å². The lowest BCUT2D eigenvalue weighted by atomic mass is 10.2. The van der Waals surface area contributed by atoms with E-state index in [0.29, 0.717) is 24.5 Å². The van der Waals surface area contributed by atoms with Gasteiger partial charge < -0.3 is 10.6 Å². The monoisotopic (exact) mass is 457 g/mol. The Morgan fingerprint density at radius 1 is 1.16 bits per heavy atom. The van der Waals surface area contributed by atoms with Crippen molar-refractivity contribution in [3.63, 3.8) is 0 Å². The molecule has 0 amide bonds. The van der Waals surface area contributed by atoms with Crippen LogP contribution in [0.4, 0.5) is 14.7 Å². The first kappa shape index (κ1) is 22.0. The average Bonchev–Trinajstić information content (AvgIpc) is 3.19. The second-order valence-electron chi connectivity index (χ2n) is 7.39. The summed E-state index contributed by atoms with van der Waals surface area (Å²) in [5, 5.41) is 14.9. The number of nitrogens with zero attached hydrogens (tertiary/aromatic N) is 4. The molecule has 10 heteroatoms. The van der Waals surface area contributed by atoms with Crippen LogP contribution in [0, 0.1) is 6.92 Å². The summed E-state index contributed by atoms with van der Waals surface area (Å²) in [6, 6.07) is 9.98. The van der Waals surface area contributed by atoms with Crippen LogP contribution in [0.15, 0.2) is 48.8 Å². The highest BCUT2D eigenvalue weighted by Crippen LogP contribution is 2.26. The molecule has 0 fully saturated rings. The lowest BCUT2D eigenvalue weighted by Crippen LogP contribution is -2.26. The van der Waals surface area contributed by atoms with Crippen molar-refractivity contribution in [1.29, 1.82) is 0 Å². The van der Waals surface area contributed by atoms with Crippen LogP contribution in [0.2, 0.25) is 5.02 Å².